The van der Waals surface area contributed by atoms with Gasteiger partial charge in [-0.25, -0.2) is 9.97 Å². The van der Waals surface area contributed by atoms with Crippen LogP contribution < -0.4 is 26.6 Å². The van der Waals surface area contributed by atoms with E-state index in [-0.39, 0.29) is 29.6 Å². The highest BCUT2D eigenvalue weighted by molar-refractivity contribution is 5.97. The van der Waals surface area contributed by atoms with Gasteiger partial charge >= 0.3 is 0 Å². The number of nitrogens with zero attached hydrogens (tertiary/aromatic N) is 5. The number of aryl methyl sites for hydroxylation is 1. The number of likely N-dealkylation sites (N-methyl/N-ethyl adjacent to an activating group) is 1. The molecule has 12 nitrogen and oxygen atoms in total. The highest BCUT2D eigenvalue weighted by atomic mass is 16.3. The number of hydrogen-bond donors (Lipinski definition) is 5. The van der Waals surface area contributed by atoms with Crippen molar-refractivity contribution < 1.29 is 14.7 Å². The summed E-state index contributed by atoms with van der Waals surface area (Å²) in [6.07, 6.45) is 5.64. The molecule has 0 bridgehead atoms. The average Bonchev–Trinajstić information content (AvgIpc) is 2.99. The topological polar surface area (TPSA) is 152 Å². The van der Waals surface area contributed by atoms with Gasteiger partial charge in [0.1, 0.15) is 5.82 Å². The molecule has 2 amide bonds. The molecule has 234 valence electrons. The maximum atomic E-state index is 12.4. The lowest BCUT2D eigenvalue weighted by Crippen LogP contribution is -2.52. The zero-order valence-corrected chi connectivity index (χ0v) is 25.7. The Morgan fingerprint density at radius 3 is 2.30 bits per heavy atom. The number of anilines is 5. The molecule has 12 heteroatoms. The van der Waals surface area contributed by atoms with Crippen LogP contribution in [0.25, 0.3) is 0 Å². The summed E-state index contributed by atoms with van der Waals surface area (Å²) in [5, 5.41) is 19.6. The molecule has 6 N–H and O–H groups in total. The number of nitrogens with one attached hydrogen (secondary N) is 3. The van der Waals surface area contributed by atoms with E-state index in [0.29, 0.717) is 35.3 Å². The molecule has 3 heterocycles. The van der Waals surface area contributed by atoms with E-state index in [0.717, 1.165) is 83.5 Å². The van der Waals surface area contributed by atoms with E-state index in [1.165, 1.54) is 6.92 Å². The Labute approximate surface area is 254 Å². The highest BCUT2D eigenvalue weighted by Crippen LogP contribution is 2.34. The molecular formula is C31H47N9O3. The van der Waals surface area contributed by atoms with Gasteiger partial charge in [-0.1, -0.05) is 6.92 Å². The number of amides is 2. The molecule has 0 spiro atoms. The third kappa shape index (κ3) is 7.73. The third-order valence-corrected chi connectivity index (χ3v) is 9.00. The lowest BCUT2D eigenvalue weighted by molar-refractivity contribution is -0.114. The lowest BCUT2D eigenvalue weighted by Gasteiger charge is -2.43. The van der Waals surface area contributed by atoms with Crippen LogP contribution in [0.4, 0.5) is 28.7 Å². The first-order valence-corrected chi connectivity index (χ1v) is 15.7. The summed E-state index contributed by atoms with van der Waals surface area (Å²) >= 11 is 0. The average molecular weight is 594 g/mol. The van der Waals surface area contributed by atoms with Crippen molar-refractivity contribution >= 4 is 40.5 Å². The fourth-order valence-corrected chi connectivity index (χ4v) is 6.48. The van der Waals surface area contributed by atoms with Gasteiger partial charge in [-0.3, -0.25) is 14.5 Å². The first-order chi connectivity index (χ1) is 20.7. The molecule has 5 rings (SSSR count). The largest absolute Gasteiger partial charge is 0.393 e. The molecule has 2 saturated heterocycles. The molecule has 43 heavy (non-hydrogen) atoms. The number of rotatable bonds is 9. The van der Waals surface area contributed by atoms with Gasteiger partial charge < -0.3 is 36.6 Å². The number of aliphatic hydroxyl groups is 1. The zero-order valence-electron chi connectivity index (χ0n) is 25.7. The second-order valence-electron chi connectivity index (χ2n) is 12.2. The summed E-state index contributed by atoms with van der Waals surface area (Å²) in [5.41, 5.74) is 8.80. The number of piperazine rings is 1. The van der Waals surface area contributed by atoms with Gasteiger partial charge in [0.05, 0.1) is 23.2 Å². The highest BCUT2D eigenvalue weighted by Gasteiger charge is 2.28. The molecule has 0 unspecified atom stereocenters. The molecule has 1 aliphatic carbocycles. The predicted octanol–water partition coefficient (Wildman–Crippen LogP) is 2.77. The molecule has 1 saturated carbocycles. The summed E-state index contributed by atoms with van der Waals surface area (Å²) in [4.78, 5) is 41.3. The smallest absolute Gasteiger partial charge is 0.271 e. The van der Waals surface area contributed by atoms with E-state index < -0.39 is 5.91 Å². The van der Waals surface area contributed by atoms with Gasteiger partial charge in [0.2, 0.25) is 5.91 Å². The van der Waals surface area contributed by atoms with Crippen LogP contribution in [0.5, 0.6) is 0 Å². The van der Waals surface area contributed by atoms with E-state index in [9.17, 15) is 14.7 Å². The molecular weight excluding hydrogens is 546 g/mol. The normalized spacial score (nSPS) is 22.3. The van der Waals surface area contributed by atoms with Crippen molar-refractivity contribution in [3.63, 3.8) is 0 Å². The van der Waals surface area contributed by atoms with Crippen molar-refractivity contribution in [2.75, 3.05) is 67.2 Å². The summed E-state index contributed by atoms with van der Waals surface area (Å²) in [5.74, 6) is 0.0505. The predicted molar refractivity (Wildman–Crippen MR) is 170 cm³/mol. The van der Waals surface area contributed by atoms with E-state index >= 15 is 0 Å². The zero-order chi connectivity index (χ0) is 30.5. The minimum atomic E-state index is -0.668. The van der Waals surface area contributed by atoms with Gasteiger partial charge in [-0.05, 0) is 70.2 Å². The standard InChI is InChI=1S/C31H47N9O3/c1-4-25-30(34-21-5-8-24(42)9-6-21)37-31(28(36-25)29(32)43)35-22-7-10-27(26(19-22)33-20(2)41)40-13-11-23(12-14-40)39-17-15-38(3)16-18-39/h7,10,19,21,23-24,42H,4-6,8-9,11-18H2,1-3H3,(H2,32,43)(H,33,41)(H2,34,35,37)/t21-,24-. The second-order valence-corrected chi connectivity index (χ2v) is 12.2. The fraction of sp³-hybridized carbons (Fsp3) is 0.613. The molecule has 2 aromatic rings. The van der Waals surface area contributed by atoms with Gasteiger partial charge in [0.25, 0.3) is 5.91 Å². The Balaban J connectivity index is 1.35. The van der Waals surface area contributed by atoms with Crippen molar-refractivity contribution in [1.82, 2.24) is 19.8 Å². The Hall–Kier alpha value is -3.48. The minimum absolute atomic E-state index is 0.0672. The molecule has 0 atom stereocenters. The third-order valence-electron chi connectivity index (χ3n) is 9.00. The lowest BCUT2D eigenvalue weighted by atomic mass is 9.93. The number of aliphatic hydroxyl groups excluding tert-OH is 1. The van der Waals surface area contributed by atoms with E-state index in [1.54, 1.807) is 0 Å². The number of aromatic nitrogens is 2. The molecule has 1 aromatic carbocycles. The summed E-state index contributed by atoms with van der Waals surface area (Å²) in [6.45, 7) is 9.78. The molecule has 0 radical (unpaired) electrons. The number of carbonyl (C=O) groups excluding carboxylic acids is 2. The van der Waals surface area contributed by atoms with Gasteiger partial charge in [0.15, 0.2) is 11.5 Å². The Bertz CT molecular complexity index is 1280. The Morgan fingerprint density at radius 2 is 1.67 bits per heavy atom. The van der Waals surface area contributed by atoms with Gasteiger partial charge in [0, 0.05) is 64.0 Å². The molecule has 3 fully saturated rings. The van der Waals surface area contributed by atoms with E-state index in [4.69, 9.17) is 10.7 Å². The van der Waals surface area contributed by atoms with Crippen molar-refractivity contribution in [2.45, 2.75) is 77.0 Å². The Morgan fingerprint density at radius 1 is 0.977 bits per heavy atom. The second kappa shape index (κ2) is 13.9. The number of nitrogens with two attached hydrogens (primary N) is 1. The van der Waals surface area contributed by atoms with Crippen molar-refractivity contribution in [2.24, 2.45) is 5.73 Å². The van der Waals surface area contributed by atoms with Crippen LogP contribution in [0.15, 0.2) is 18.2 Å². The number of carbonyl (C=O) groups is 2. The van der Waals surface area contributed by atoms with Gasteiger partial charge in [-0.2, -0.15) is 0 Å². The summed E-state index contributed by atoms with van der Waals surface area (Å²) in [7, 11) is 2.18. The van der Waals surface area contributed by atoms with Crippen LogP contribution in [0, 0.1) is 0 Å². The summed E-state index contributed by atoms with van der Waals surface area (Å²) < 4.78 is 0. The maximum Gasteiger partial charge on any atom is 0.271 e. The van der Waals surface area contributed by atoms with Crippen LogP contribution in [-0.2, 0) is 11.2 Å². The summed E-state index contributed by atoms with van der Waals surface area (Å²) in [6, 6.07) is 6.57. The first-order valence-electron chi connectivity index (χ1n) is 15.7. The number of piperidine rings is 1. The quantitative estimate of drug-likeness (QED) is 0.293. The minimum Gasteiger partial charge on any atom is -0.393 e. The first kappa shape index (κ1) is 31.0. The van der Waals surface area contributed by atoms with Crippen molar-refractivity contribution in [3.05, 3.63) is 29.6 Å². The van der Waals surface area contributed by atoms with E-state index in [1.807, 2.05) is 25.1 Å². The number of benzene rings is 1. The maximum absolute atomic E-state index is 12.4. The SMILES string of the molecule is CCc1nc(C(N)=O)c(Nc2ccc(N3CCC(N4CCN(C)CC4)CC3)c(NC(C)=O)c2)nc1N[C@H]1CC[C@H](O)CC1. The van der Waals surface area contributed by atoms with Crippen LogP contribution in [-0.4, -0.2) is 101 Å². The van der Waals surface area contributed by atoms with Crippen LogP contribution >= 0.6 is 0 Å². The van der Waals surface area contributed by atoms with Crippen LogP contribution in [0.1, 0.15) is 68.6 Å². The number of hydrogen-bond acceptors (Lipinski definition) is 10. The molecule has 2 aliphatic heterocycles. The van der Waals surface area contributed by atoms with Crippen molar-refractivity contribution in [1.29, 1.82) is 0 Å². The Kier molecular flexibility index (Phi) is 9.99. The molecule has 3 aliphatic rings. The van der Waals surface area contributed by atoms with Crippen LogP contribution in [0.3, 0.4) is 0 Å². The molecule has 1 aromatic heterocycles. The number of primary amides is 1. The van der Waals surface area contributed by atoms with Gasteiger partial charge in [-0.15, -0.1) is 0 Å². The fourth-order valence-electron chi connectivity index (χ4n) is 6.48. The van der Waals surface area contributed by atoms with E-state index in [2.05, 4.69) is 42.7 Å². The van der Waals surface area contributed by atoms with Crippen LogP contribution in [0.2, 0.25) is 0 Å². The van der Waals surface area contributed by atoms with Crippen molar-refractivity contribution in [3.8, 4) is 0 Å². The monoisotopic (exact) mass is 593 g/mol.